The standard InChI is InChI=1S/C18H21N5O2/c1-4-23-17(15-7-11(2)25-12(3)16(15)22-23)18(24)21-10-14-6-5-13(8-19)9-20-14/h5-6,9,11-12H,4,7,10H2,1-3H3,(H,21,24)/t11-,12+/m0/s1. The first-order valence-electron chi connectivity index (χ1n) is 8.41. The van der Waals surface area contributed by atoms with Crippen LogP contribution in [-0.2, 0) is 24.2 Å². The number of aromatic nitrogens is 3. The van der Waals surface area contributed by atoms with Crippen molar-refractivity contribution in [1.29, 1.82) is 5.26 Å². The van der Waals surface area contributed by atoms with Gasteiger partial charge >= 0.3 is 0 Å². The van der Waals surface area contributed by atoms with E-state index in [-0.39, 0.29) is 18.1 Å². The Balaban J connectivity index is 1.80. The number of carbonyl (C=O) groups is 1. The number of rotatable bonds is 4. The van der Waals surface area contributed by atoms with Crippen LogP contribution >= 0.6 is 0 Å². The molecule has 0 saturated heterocycles. The molecule has 1 N–H and O–H groups in total. The maximum absolute atomic E-state index is 12.8. The van der Waals surface area contributed by atoms with E-state index in [4.69, 9.17) is 10.00 Å². The van der Waals surface area contributed by atoms with Gasteiger partial charge in [-0.3, -0.25) is 14.5 Å². The summed E-state index contributed by atoms with van der Waals surface area (Å²) in [6.45, 7) is 6.85. The lowest BCUT2D eigenvalue weighted by Crippen LogP contribution is -2.29. The van der Waals surface area contributed by atoms with Crippen molar-refractivity contribution in [3.05, 3.63) is 46.5 Å². The van der Waals surface area contributed by atoms with Crippen LogP contribution in [0.1, 0.15) is 59.9 Å². The van der Waals surface area contributed by atoms with Crippen molar-refractivity contribution < 1.29 is 9.53 Å². The van der Waals surface area contributed by atoms with E-state index in [1.807, 2.05) is 26.8 Å². The second-order valence-electron chi connectivity index (χ2n) is 6.15. The molecule has 7 heteroatoms. The molecule has 2 atom stereocenters. The van der Waals surface area contributed by atoms with Crippen LogP contribution in [0.25, 0.3) is 0 Å². The fourth-order valence-corrected chi connectivity index (χ4v) is 3.13. The molecule has 0 bridgehead atoms. The van der Waals surface area contributed by atoms with Crippen LogP contribution in [-0.4, -0.2) is 26.8 Å². The number of nitrogens with one attached hydrogen (secondary N) is 1. The second-order valence-corrected chi connectivity index (χ2v) is 6.15. The minimum absolute atomic E-state index is 0.0590. The van der Waals surface area contributed by atoms with Gasteiger partial charge in [-0.05, 0) is 32.9 Å². The Hall–Kier alpha value is -2.72. The van der Waals surface area contributed by atoms with E-state index in [2.05, 4.69) is 15.4 Å². The molecular weight excluding hydrogens is 318 g/mol. The summed E-state index contributed by atoms with van der Waals surface area (Å²) < 4.78 is 7.55. The Morgan fingerprint density at radius 3 is 2.92 bits per heavy atom. The highest BCUT2D eigenvalue weighted by Gasteiger charge is 2.31. The predicted molar refractivity (Wildman–Crippen MR) is 90.7 cm³/mol. The molecule has 1 aliphatic rings. The van der Waals surface area contributed by atoms with Gasteiger partial charge in [-0.1, -0.05) is 0 Å². The number of hydrogen-bond donors (Lipinski definition) is 1. The van der Waals surface area contributed by atoms with Crippen molar-refractivity contribution in [2.24, 2.45) is 0 Å². The smallest absolute Gasteiger partial charge is 0.270 e. The van der Waals surface area contributed by atoms with Crippen molar-refractivity contribution in [1.82, 2.24) is 20.1 Å². The summed E-state index contributed by atoms with van der Waals surface area (Å²) in [5.41, 5.74) is 3.62. The summed E-state index contributed by atoms with van der Waals surface area (Å²) in [5, 5.41) is 16.3. The van der Waals surface area contributed by atoms with E-state index < -0.39 is 0 Å². The summed E-state index contributed by atoms with van der Waals surface area (Å²) >= 11 is 0. The van der Waals surface area contributed by atoms with Gasteiger partial charge in [0, 0.05) is 24.7 Å². The zero-order valence-electron chi connectivity index (χ0n) is 14.6. The molecule has 2 aromatic heterocycles. The van der Waals surface area contributed by atoms with Gasteiger partial charge < -0.3 is 10.1 Å². The number of fused-ring (bicyclic) bond motifs is 1. The number of nitrogens with zero attached hydrogens (tertiary/aromatic N) is 4. The van der Waals surface area contributed by atoms with E-state index in [1.54, 1.807) is 16.8 Å². The van der Waals surface area contributed by atoms with E-state index in [1.165, 1.54) is 6.20 Å². The van der Waals surface area contributed by atoms with Gasteiger partial charge in [0.15, 0.2) is 0 Å². The second kappa shape index (κ2) is 7.03. The minimum atomic E-state index is -0.164. The molecule has 0 spiro atoms. The Morgan fingerprint density at radius 2 is 2.28 bits per heavy atom. The van der Waals surface area contributed by atoms with Crippen molar-refractivity contribution in [2.75, 3.05) is 0 Å². The molecule has 25 heavy (non-hydrogen) atoms. The van der Waals surface area contributed by atoms with E-state index in [0.29, 0.717) is 36.5 Å². The highest BCUT2D eigenvalue weighted by molar-refractivity contribution is 5.94. The van der Waals surface area contributed by atoms with Gasteiger partial charge in [-0.2, -0.15) is 10.4 Å². The quantitative estimate of drug-likeness (QED) is 0.921. The summed E-state index contributed by atoms with van der Waals surface area (Å²) in [6, 6.07) is 5.45. The van der Waals surface area contributed by atoms with Crippen LogP contribution in [0.4, 0.5) is 0 Å². The van der Waals surface area contributed by atoms with Gasteiger partial charge in [0.2, 0.25) is 0 Å². The molecule has 1 amide bonds. The lowest BCUT2D eigenvalue weighted by molar-refractivity contribution is -0.00712. The number of aryl methyl sites for hydroxylation is 1. The maximum Gasteiger partial charge on any atom is 0.270 e. The van der Waals surface area contributed by atoms with E-state index in [9.17, 15) is 4.79 Å². The summed E-state index contributed by atoms with van der Waals surface area (Å²) in [6.07, 6.45) is 2.12. The van der Waals surface area contributed by atoms with Crippen molar-refractivity contribution in [2.45, 2.75) is 52.5 Å². The summed E-state index contributed by atoms with van der Waals surface area (Å²) in [5.74, 6) is -0.164. The monoisotopic (exact) mass is 339 g/mol. The molecule has 7 nitrogen and oxygen atoms in total. The molecule has 0 aromatic carbocycles. The summed E-state index contributed by atoms with van der Waals surface area (Å²) in [4.78, 5) is 17.0. The van der Waals surface area contributed by atoms with Crippen molar-refractivity contribution in [3.63, 3.8) is 0 Å². The number of carbonyl (C=O) groups excluding carboxylic acids is 1. The zero-order chi connectivity index (χ0) is 18.0. The molecule has 0 fully saturated rings. The highest BCUT2D eigenvalue weighted by Crippen LogP contribution is 2.31. The molecule has 2 aromatic rings. The Bertz CT molecular complexity index is 819. The van der Waals surface area contributed by atoms with Crippen LogP contribution in [0.5, 0.6) is 0 Å². The number of nitriles is 1. The molecule has 0 aliphatic carbocycles. The van der Waals surface area contributed by atoms with Gasteiger partial charge in [-0.15, -0.1) is 0 Å². The van der Waals surface area contributed by atoms with Gasteiger partial charge in [-0.25, -0.2) is 0 Å². The topological polar surface area (TPSA) is 92.8 Å². The van der Waals surface area contributed by atoms with Crippen LogP contribution in [0.2, 0.25) is 0 Å². The van der Waals surface area contributed by atoms with Crippen LogP contribution in [0, 0.1) is 11.3 Å². The molecular formula is C18H21N5O2. The molecule has 1 aliphatic heterocycles. The molecule has 3 heterocycles. The van der Waals surface area contributed by atoms with Crippen LogP contribution in [0.15, 0.2) is 18.3 Å². The predicted octanol–water partition coefficient (Wildman–Crippen LogP) is 2.12. The summed E-state index contributed by atoms with van der Waals surface area (Å²) in [7, 11) is 0. The van der Waals surface area contributed by atoms with E-state index >= 15 is 0 Å². The molecule has 0 radical (unpaired) electrons. The number of hydrogen-bond acceptors (Lipinski definition) is 5. The Morgan fingerprint density at radius 1 is 1.48 bits per heavy atom. The SMILES string of the molecule is CCn1nc2c(c1C(=O)NCc1ccc(C#N)cn1)C[C@H](C)O[C@@H]2C. The normalized spacial score (nSPS) is 19.1. The molecule has 0 saturated carbocycles. The third-order valence-electron chi connectivity index (χ3n) is 4.29. The Kier molecular flexibility index (Phi) is 4.81. The fourth-order valence-electron chi connectivity index (χ4n) is 3.13. The molecule has 130 valence electrons. The number of amides is 1. The van der Waals surface area contributed by atoms with Gasteiger partial charge in [0.1, 0.15) is 11.8 Å². The lowest BCUT2D eigenvalue weighted by Gasteiger charge is -2.24. The van der Waals surface area contributed by atoms with Gasteiger partial charge in [0.05, 0.1) is 35.7 Å². The maximum atomic E-state index is 12.8. The molecule has 3 rings (SSSR count). The van der Waals surface area contributed by atoms with Crippen molar-refractivity contribution in [3.8, 4) is 6.07 Å². The first-order valence-corrected chi connectivity index (χ1v) is 8.41. The Labute approximate surface area is 146 Å². The largest absolute Gasteiger partial charge is 0.369 e. The fraction of sp³-hybridized carbons (Fsp3) is 0.444. The highest BCUT2D eigenvalue weighted by atomic mass is 16.5. The van der Waals surface area contributed by atoms with E-state index in [0.717, 1.165) is 11.3 Å². The number of pyridine rings is 1. The average Bonchev–Trinajstić information content (AvgIpc) is 2.99. The van der Waals surface area contributed by atoms with Crippen LogP contribution < -0.4 is 5.32 Å². The van der Waals surface area contributed by atoms with Crippen LogP contribution in [0.3, 0.4) is 0 Å². The molecule has 0 unspecified atom stereocenters. The minimum Gasteiger partial charge on any atom is -0.369 e. The zero-order valence-corrected chi connectivity index (χ0v) is 14.6. The number of ether oxygens (including phenoxy) is 1. The van der Waals surface area contributed by atoms with Gasteiger partial charge in [0.25, 0.3) is 5.91 Å². The average molecular weight is 339 g/mol. The first kappa shape index (κ1) is 17.1. The first-order chi connectivity index (χ1) is 12.0. The lowest BCUT2D eigenvalue weighted by atomic mass is 9.99. The third kappa shape index (κ3) is 3.39. The van der Waals surface area contributed by atoms with Crippen molar-refractivity contribution >= 4 is 5.91 Å². The third-order valence-corrected chi connectivity index (χ3v) is 4.29.